The number of aliphatic imine (C=N–C) groups is 1. The van der Waals surface area contributed by atoms with Gasteiger partial charge in [-0.2, -0.15) is 0 Å². The normalized spacial score (nSPS) is 29.6. The Kier molecular flexibility index (Phi) is 23.7. The highest BCUT2D eigenvalue weighted by molar-refractivity contribution is 6.30. The molecule has 4 N–H and O–H groups in total. The summed E-state index contributed by atoms with van der Waals surface area (Å²) in [4.78, 5) is 78.7. The number of halogens is 2. The minimum Gasteiger partial charge on any atom is -0.497 e. The van der Waals surface area contributed by atoms with Crippen LogP contribution in [0.2, 0.25) is 10.0 Å². The number of Topliss-reactive ketones (excluding diaryl/α,β-unsaturated/α-hetero) is 1. The molecule has 0 aromatic heterocycles. The summed E-state index contributed by atoms with van der Waals surface area (Å²) in [6, 6.07) is 17.9. The van der Waals surface area contributed by atoms with Crippen molar-refractivity contribution in [1.29, 1.82) is 0 Å². The molecule has 0 spiro atoms. The molecule has 3 amide bonds. The summed E-state index contributed by atoms with van der Waals surface area (Å²) in [6.07, 6.45) is -6.12. The number of esters is 2. The Morgan fingerprint density at radius 1 is 0.894 bits per heavy atom. The summed E-state index contributed by atoms with van der Waals surface area (Å²) in [5.74, 6) is -1.63. The molecule has 1 saturated carbocycles. The third kappa shape index (κ3) is 16.1. The molecule has 3 aromatic rings. The van der Waals surface area contributed by atoms with Crippen molar-refractivity contribution in [3.8, 4) is 11.5 Å². The molecule has 3 aliphatic carbocycles. The first-order valence-corrected chi connectivity index (χ1v) is 33.3. The zero-order chi connectivity index (χ0) is 68.1. The van der Waals surface area contributed by atoms with E-state index in [1.165, 1.54) is 16.7 Å². The average Bonchev–Trinajstić information content (AvgIpc) is 1.55. The van der Waals surface area contributed by atoms with Crippen molar-refractivity contribution >= 4 is 58.7 Å². The molecule has 21 nitrogen and oxygen atoms in total. The molecule has 3 aliphatic heterocycles. The summed E-state index contributed by atoms with van der Waals surface area (Å²) in [6.45, 7) is 17.9. The quantitative estimate of drug-likeness (QED) is 0.0350. The number of amides is 3. The molecule has 3 aromatic carbocycles. The van der Waals surface area contributed by atoms with E-state index in [0.29, 0.717) is 50.7 Å². The van der Waals surface area contributed by atoms with Gasteiger partial charge in [-0.3, -0.25) is 29.1 Å². The fourth-order valence-corrected chi connectivity index (χ4v) is 14.2. The number of amidine groups is 1. The molecule has 512 valence electrons. The molecule has 2 saturated heterocycles. The number of hydrogen-bond donors (Lipinski definition) is 4. The number of ketones is 1. The van der Waals surface area contributed by atoms with Gasteiger partial charge in [0.15, 0.2) is 18.2 Å². The van der Waals surface area contributed by atoms with Gasteiger partial charge < -0.3 is 68.1 Å². The van der Waals surface area contributed by atoms with Gasteiger partial charge in [0.1, 0.15) is 54.3 Å². The van der Waals surface area contributed by atoms with Crippen LogP contribution in [0.3, 0.4) is 0 Å². The number of nitrogens with zero attached hydrogens (tertiary/aromatic N) is 4. The number of aliphatic hydroxyl groups is 4. The van der Waals surface area contributed by atoms with Gasteiger partial charge in [0.2, 0.25) is 5.91 Å². The van der Waals surface area contributed by atoms with Crippen LogP contribution in [-0.2, 0) is 47.6 Å². The summed E-state index contributed by atoms with van der Waals surface area (Å²) in [5, 5.41) is 50.0. The van der Waals surface area contributed by atoms with Crippen LogP contribution in [0.15, 0.2) is 107 Å². The van der Waals surface area contributed by atoms with Crippen LogP contribution in [0.1, 0.15) is 129 Å². The summed E-state index contributed by atoms with van der Waals surface area (Å²) in [5.41, 5.74) is 2.35. The molecule has 15 atom stereocenters. The molecule has 3 heterocycles. The Bertz CT molecular complexity index is 3320. The van der Waals surface area contributed by atoms with Gasteiger partial charge >= 0.3 is 18.0 Å². The number of rotatable bonds is 25. The smallest absolute Gasteiger partial charge is 0.326 e. The highest BCUT2D eigenvalue weighted by atomic mass is 35.5. The molecule has 9 rings (SSSR count). The number of carbonyl (C=O) groups excluding carboxylic acids is 5. The number of piperazine rings is 1. The van der Waals surface area contributed by atoms with E-state index in [1.807, 2.05) is 58.9 Å². The van der Waals surface area contributed by atoms with Gasteiger partial charge in [0, 0.05) is 73.3 Å². The van der Waals surface area contributed by atoms with Crippen LogP contribution < -0.4 is 9.47 Å². The van der Waals surface area contributed by atoms with E-state index < -0.39 is 108 Å². The zero-order valence-corrected chi connectivity index (χ0v) is 56.9. The lowest BCUT2D eigenvalue weighted by Crippen LogP contribution is -2.62. The first-order valence-electron chi connectivity index (χ1n) is 32.6. The van der Waals surface area contributed by atoms with Crippen LogP contribution in [0.25, 0.3) is 0 Å². The molecule has 94 heavy (non-hydrogen) atoms. The molecule has 0 radical (unpaired) electrons. The lowest BCUT2D eigenvalue weighted by molar-refractivity contribution is -0.320. The van der Waals surface area contributed by atoms with Crippen LogP contribution in [0, 0.1) is 29.1 Å². The number of unbranched alkanes of at least 4 members (excludes halogenated alkanes) is 1. The Morgan fingerprint density at radius 2 is 1.57 bits per heavy atom. The largest absolute Gasteiger partial charge is 0.497 e. The van der Waals surface area contributed by atoms with Crippen molar-refractivity contribution in [2.24, 2.45) is 34.1 Å². The number of fused-ring (bicyclic) bond motifs is 2. The maximum Gasteiger partial charge on any atom is 0.326 e. The fourth-order valence-electron chi connectivity index (χ4n) is 14.0. The van der Waals surface area contributed by atoms with Gasteiger partial charge in [-0.25, -0.2) is 4.79 Å². The van der Waals surface area contributed by atoms with Crippen LogP contribution in [0.5, 0.6) is 11.5 Å². The van der Waals surface area contributed by atoms with Crippen molar-refractivity contribution in [3.05, 3.63) is 129 Å². The van der Waals surface area contributed by atoms with Crippen molar-refractivity contribution in [2.75, 3.05) is 60.2 Å². The summed E-state index contributed by atoms with van der Waals surface area (Å²) < 4.78 is 48.3. The minimum absolute atomic E-state index is 0.000588. The van der Waals surface area contributed by atoms with Gasteiger partial charge in [0.05, 0.1) is 69.0 Å². The molecule has 3 fully saturated rings. The third-order valence-corrected chi connectivity index (χ3v) is 19.8. The Labute approximate surface area is 560 Å². The average molecular weight is 1340 g/mol. The first kappa shape index (κ1) is 72.0. The highest BCUT2D eigenvalue weighted by Crippen LogP contribution is 2.56. The number of ether oxygens (including phenoxy) is 8. The number of hydrogen-bond acceptors (Lipinski definition) is 18. The SMILES string of the molecule is C=CC(C)(C)OCC1OC(O[C@@H]2C3=C([C@H](C)COC(C)=O)C[C@H](O)[C@]3(C)/C=C3/[C@@H](COC)CC[C@H]3[C@@H](C)[C@H]2O)C(O)C(OC(=O)CCCCC(=O)CN2CCN(C(=O)N3C(c4ccc(OC)cc4OC(C)C)=N[C@@H](c4ccc(Cl)cc4)[C@H]3c3ccc(Cl)cc3)CC2=O)C1O. The van der Waals surface area contributed by atoms with Crippen LogP contribution >= 0.6 is 23.2 Å². The van der Waals surface area contributed by atoms with Crippen molar-refractivity contribution in [1.82, 2.24) is 14.7 Å². The molecular formula is C71H92Cl2N4O17. The van der Waals surface area contributed by atoms with E-state index in [4.69, 9.17) is 66.1 Å². The molecular weight excluding hydrogens is 1250 g/mol. The predicted molar refractivity (Wildman–Crippen MR) is 351 cm³/mol. The van der Waals surface area contributed by atoms with E-state index in [0.717, 1.165) is 29.5 Å². The van der Waals surface area contributed by atoms with E-state index in [9.17, 15) is 39.6 Å². The molecule has 5 unspecified atom stereocenters. The predicted octanol–water partition coefficient (Wildman–Crippen LogP) is 9.33. The molecule has 23 heteroatoms. The van der Waals surface area contributed by atoms with E-state index in [1.54, 1.807) is 81.5 Å². The molecule has 6 aliphatic rings. The van der Waals surface area contributed by atoms with Crippen molar-refractivity contribution in [3.63, 3.8) is 0 Å². The van der Waals surface area contributed by atoms with Crippen LogP contribution in [0.4, 0.5) is 4.79 Å². The third-order valence-electron chi connectivity index (χ3n) is 19.3. The maximum atomic E-state index is 15.3. The Balaban J connectivity index is 0.870. The number of aliphatic hydroxyl groups excluding tert-OH is 4. The minimum atomic E-state index is -1.82. The zero-order valence-electron chi connectivity index (χ0n) is 55.4. The van der Waals surface area contributed by atoms with Gasteiger partial charge in [-0.15, -0.1) is 6.58 Å². The number of carbonyl (C=O) groups is 5. The standard InChI is InChI=1S/C71H92Cl2N4O17/c1-12-70(7,8)90-38-55-63(84)66(64(85)68(92-55)94-65-59-52(40(4)36-89-42(6)78)32-56(80)71(59,9)33-53-45(37-87-10)21-27-50(53)41(5)62(65)83)93-58(82)16-14-13-15-48(79)34-75-29-30-76(35-57(75)81)69(86)77-61(44-19-24-47(73)25-20-44)60(43-17-22-46(72)23-18-43)74-67(77)51-28-26-49(88-11)31-54(51)91-39(2)3/h12,17-20,22-26,28,31,33,39-41,45,50,55-56,60-66,68,80,83-85H,1,13-16,21,27,29-30,32,34-38H2,2-11H3/b53-33-/t40-,41-,45-,50+,55?,56+,60+,61-,62-,63?,64?,65-,66?,68?,71+/m1/s1. The van der Waals surface area contributed by atoms with Gasteiger partial charge in [-0.1, -0.05) is 84.6 Å². The second-order valence-corrected chi connectivity index (χ2v) is 27.6. The lowest BCUT2D eigenvalue weighted by atomic mass is 9.68. The highest BCUT2D eigenvalue weighted by Gasteiger charge is 2.57. The van der Waals surface area contributed by atoms with Crippen molar-refractivity contribution < 1.29 is 82.3 Å². The Hall–Kier alpha value is -6.24. The van der Waals surface area contributed by atoms with Crippen molar-refractivity contribution in [2.45, 2.75) is 173 Å². The number of benzene rings is 3. The monoisotopic (exact) mass is 1340 g/mol. The maximum absolute atomic E-state index is 15.3. The number of methoxy groups -OCH3 is 2. The fraction of sp³-hybridized carbons (Fsp3) is 0.577. The van der Waals surface area contributed by atoms with E-state index in [2.05, 4.69) is 12.7 Å². The topological polar surface area (TPSA) is 262 Å². The summed E-state index contributed by atoms with van der Waals surface area (Å²) >= 11 is 12.8. The summed E-state index contributed by atoms with van der Waals surface area (Å²) in [7, 11) is 3.20. The van der Waals surface area contributed by atoms with E-state index in [-0.39, 0.29) is 95.2 Å². The lowest BCUT2D eigenvalue weighted by Gasteiger charge is -2.47. The second kappa shape index (κ2) is 30.9. The Morgan fingerprint density at radius 3 is 2.21 bits per heavy atom. The van der Waals surface area contributed by atoms with E-state index >= 15 is 4.79 Å². The van der Waals surface area contributed by atoms with Gasteiger partial charge in [-0.05, 0) is 132 Å². The molecule has 0 bridgehead atoms. The van der Waals surface area contributed by atoms with Gasteiger partial charge in [0.25, 0.3) is 0 Å². The number of urea groups is 1. The first-order chi connectivity index (χ1) is 44.7. The second-order valence-electron chi connectivity index (χ2n) is 26.7. The van der Waals surface area contributed by atoms with Crippen LogP contribution in [-0.4, -0.2) is 192 Å².